The number of carbonyl (C=O) groups is 1. The molecule has 0 aromatic heterocycles. The largest absolute Gasteiger partial charge is 0.355 e. The van der Waals surface area contributed by atoms with Crippen molar-refractivity contribution in [2.75, 3.05) is 7.05 Å². The van der Waals surface area contributed by atoms with Gasteiger partial charge in [-0.25, -0.2) is 4.39 Å². The summed E-state index contributed by atoms with van der Waals surface area (Å²) >= 11 is 6.21. The van der Waals surface area contributed by atoms with E-state index in [2.05, 4.69) is 37.2 Å². The van der Waals surface area contributed by atoms with Gasteiger partial charge in [0.05, 0.1) is 4.47 Å². The van der Waals surface area contributed by atoms with E-state index in [4.69, 9.17) is 0 Å². The van der Waals surface area contributed by atoms with Crippen LogP contribution in [-0.4, -0.2) is 13.0 Å². The highest BCUT2D eigenvalue weighted by Gasteiger charge is 2.11. The van der Waals surface area contributed by atoms with Gasteiger partial charge >= 0.3 is 0 Å². The van der Waals surface area contributed by atoms with Crippen LogP contribution in [0.3, 0.4) is 0 Å². The van der Waals surface area contributed by atoms with E-state index in [1.165, 1.54) is 19.2 Å². The number of alkyl halides is 1. The fraction of sp³-hybridized carbons (Fsp3) is 0.222. The Hall–Kier alpha value is -0.420. The first kappa shape index (κ1) is 11.7. The van der Waals surface area contributed by atoms with E-state index >= 15 is 0 Å². The summed E-state index contributed by atoms with van der Waals surface area (Å²) in [4.78, 5) is 11.3. The highest BCUT2D eigenvalue weighted by atomic mass is 79.9. The normalized spacial score (nSPS) is 10.0. The standard InChI is InChI=1S/C9H8Br2FNO/c1-13-9(14)5-2-6(4-10)8(12)7(11)3-5/h2-3H,4H2,1H3,(H,13,14). The van der Waals surface area contributed by atoms with Crippen molar-refractivity contribution < 1.29 is 9.18 Å². The van der Waals surface area contributed by atoms with Crippen LogP contribution in [0, 0.1) is 5.82 Å². The molecule has 0 aliphatic rings. The van der Waals surface area contributed by atoms with Gasteiger partial charge in [0.2, 0.25) is 0 Å². The molecule has 1 N–H and O–H groups in total. The molecule has 1 aromatic rings. The molecule has 0 aliphatic carbocycles. The number of hydrogen-bond acceptors (Lipinski definition) is 1. The first-order valence-electron chi connectivity index (χ1n) is 3.86. The summed E-state index contributed by atoms with van der Waals surface area (Å²) in [6, 6.07) is 2.98. The van der Waals surface area contributed by atoms with E-state index in [1.54, 1.807) is 0 Å². The fourth-order valence-electron chi connectivity index (χ4n) is 1.02. The Labute approximate surface area is 98.1 Å². The van der Waals surface area contributed by atoms with Crippen molar-refractivity contribution in [1.29, 1.82) is 0 Å². The topological polar surface area (TPSA) is 29.1 Å². The van der Waals surface area contributed by atoms with Gasteiger partial charge in [0, 0.05) is 23.5 Å². The van der Waals surface area contributed by atoms with Crippen molar-refractivity contribution in [2.24, 2.45) is 0 Å². The predicted octanol–water partition coefficient (Wildman–Crippen LogP) is 2.84. The monoisotopic (exact) mass is 323 g/mol. The summed E-state index contributed by atoms with van der Waals surface area (Å²) in [6.07, 6.45) is 0. The van der Waals surface area contributed by atoms with Crippen molar-refractivity contribution in [3.63, 3.8) is 0 Å². The minimum atomic E-state index is -0.338. The molecule has 0 spiro atoms. The van der Waals surface area contributed by atoms with Crippen molar-refractivity contribution in [1.82, 2.24) is 5.32 Å². The van der Waals surface area contributed by atoms with Crippen molar-refractivity contribution in [2.45, 2.75) is 5.33 Å². The number of rotatable bonds is 2. The van der Waals surface area contributed by atoms with Gasteiger partial charge in [0.1, 0.15) is 5.82 Å². The van der Waals surface area contributed by atoms with Gasteiger partial charge in [-0.05, 0) is 28.1 Å². The molecule has 5 heteroatoms. The maximum atomic E-state index is 13.3. The number of nitrogens with one attached hydrogen (secondary N) is 1. The fourth-order valence-corrected chi connectivity index (χ4v) is 1.93. The maximum absolute atomic E-state index is 13.3. The van der Waals surface area contributed by atoms with Crippen LogP contribution in [0.2, 0.25) is 0 Å². The quantitative estimate of drug-likeness (QED) is 0.833. The average molecular weight is 325 g/mol. The van der Waals surface area contributed by atoms with E-state index in [1.807, 2.05) is 0 Å². The summed E-state index contributed by atoms with van der Waals surface area (Å²) in [5.74, 6) is -0.567. The van der Waals surface area contributed by atoms with Gasteiger partial charge in [-0.3, -0.25) is 4.79 Å². The van der Waals surface area contributed by atoms with Gasteiger partial charge in [-0.2, -0.15) is 0 Å². The SMILES string of the molecule is CNC(=O)c1cc(Br)c(F)c(CBr)c1. The molecule has 0 fully saturated rings. The molecule has 0 unspecified atom stereocenters. The Bertz CT molecular complexity index is 368. The molecule has 0 atom stereocenters. The van der Waals surface area contributed by atoms with Crippen molar-refractivity contribution >= 4 is 37.8 Å². The third-order valence-electron chi connectivity index (χ3n) is 1.74. The zero-order valence-electron chi connectivity index (χ0n) is 7.40. The lowest BCUT2D eigenvalue weighted by molar-refractivity contribution is 0.0963. The van der Waals surface area contributed by atoms with Crippen LogP contribution in [0.15, 0.2) is 16.6 Å². The molecule has 76 valence electrons. The molecular weight excluding hydrogens is 317 g/mol. The molecule has 0 saturated carbocycles. The lowest BCUT2D eigenvalue weighted by atomic mass is 10.1. The molecule has 1 amide bonds. The molecular formula is C9H8Br2FNO. The minimum absolute atomic E-state index is 0.229. The first-order chi connectivity index (χ1) is 6.60. The van der Waals surface area contributed by atoms with Crippen LogP contribution < -0.4 is 5.32 Å². The second-order valence-corrected chi connectivity index (χ2v) is 4.06. The van der Waals surface area contributed by atoms with Crippen LogP contribution in [0.4, 0.5) is 4.39 Å². The van der Waals surface area contributed by atoms with Crippen molar-refractivity contribution in [3.05, 3.63) is 33.5 Å². The molecule has 1 rings (SSSR count). The van der Waals surface area contributed by atoms with Crippen LogP contribution in [-0.2, 0) is 5.33 Å². The Morgan fingerprint density at radius 3 is 2.71 bits per heavy atom. The Balaban J connectivity index is 3.22. The van der Waals surface area contributed by atoms with E-state index in [0.29, 0.717) is 20.9 Å². The lowest BCUT2D eigenvalue weighted by Crippen LogP contribution is -2.18. The number of amides is 1. The first-order valence-corrected chi connectivity index (χ1v) is 5.77. The lowest BCUT2D eigenvalue weighted by Gasteiger charge is -2.05. The summed E-state index contributed by atoms with van der Waals surface area (Å²) in [5, 5.41) is 2.86. The molecule has 14 heavy (non-hydrogen) atoms. The molecule has 1 aromatic carbocycles. The average Bonchev–Trinajstić information content (AvgIpc) is 2.20. The van der Waals surface area contributed by atoms with E-state index < -0.39 is 0 Å². The molecule has 0 radical (unpaired) electrons. The maximum Gasteiger partial charge on any atom is 0.251 e. The Morgan fingerprint density at radius 1 is 1.57 bits per heavy atom. The Kier molecular flexibility index (Phi) is 4.07. The zero-order chi connectivity index (χ0) is 10.7. The molecule has 0 saturated heterocycles. The van der Waals surface area contributed by atoms with Gasteiger partial charge < -0.3 is 5.32 Å². The summed E-state index contributed by atoms with van der Waals surface area (Å²) in [7, 11) is 1.54. The third-order valence-corrected chi connectivity index (χ3v) is 2.92. The number of carbonyl (C=O) groups excluding carboxylic acids is 1. The van der Waals surface area contributed by atoms with Crippen LogP contribution in [0.25, 0.3) is 0 Å². The third kappa shape index (κ3) is 2.33. The van der Waals surface area contributed by atoms with Crippen LogP contribution in [0.1, 0.15) is 15.9 Å². The van der Waals surface area contributed by atoms with Crippen LogP contribution >= 0.6 is 31.9 Å². The molecule has 2 nitrogen and oxygen atoms in total. The predicted molar refractivity (Wildman–Crippen MR) is 60.1 cm³/mol. The second-order valence-electron chi connectivity index (χ2n) is 2.64. The minimum Gasteiger partial charge on any atom is -0.355 e. The molecule has 0 bridgehead atoms. The summed E-state index contributed by atoms with van der Waals surface area (Å²) in [5.41, 5.74) is 0.896. The summed E-state index contributed by atoms with van der Waals surface area (Å²) in [6.45, 7) is 0. The van der Waals surface area contributed by atoms with E-state index in [-0.39, 0.29) is 11.7 Å². The molecule has 0 heterocycles. The summed E-state index contributed by atoms with van der Waals surface area (Å²) < 4.78 is 13.6. The second kappa shape index (κ2) is 4.89. The zero-order valence-corrected chi connectivity index (χ0v) is 10.6. The number of hydrogen-bond donors (Lipinski definition) is 1. The number of benzene rings is 1. The number of halogens is 3. The highest BCUT2D eigenvalue weighted by molar-refractivity contribution is 9.10. The van der Waals surface area contributed by atoms with Gasteiger partial charge in [-0.15, -0.1) is 0 Å². The van der Waals surface area contributed by atoms with Gasteiger partial charge in [-0.1, -0.05) is 15.9 Å². The van der Waals surface area contributed by atoms with Gasteiger partial charge in [0.25, 0.3) is 5.91 Å². The van der Waals surface area contributed by atoms with Crippen molar-refractivity contribution in [3.8, 4) is 0 Å². The molecule has 0 aliphatic heterocycles. The Morgan fingerprint density at radius 2 is 2.21 bits per heavy atom. The van der Waals surface area contributed by atoms with Crippen LogP contribution in [0.5, 0.6) is 0 Å². The highest BCUT2D eigenvalue weighted by Crippen LogP contribution is 2.23. The van der Waals surface area contributed by atoms with E-state index in [9.17, 15) is 9.18 Å². The van der Waals surface area contributed by atoms with E-state index in [0.717, 1.165) is 0 Å². The van der Waals surface area contributed by atoms with Gasteiger partial charge in [0.15, 0.2) is 0 Å². The smallest absolute Gasteiger partial charge is 0.251 e.